The zero-order valence-electron chi connectivity index (χ0n) is 11.3. The minimum atomic E-state index is 0.704. The van der Waals surface area contributed by atoms with Crippen LogP contribution in [0.1, 0.15) is 23.5 Å². The zero-order valence-corrected chi connectivity index (χ0v) is 11.3. The van der Waals surface area contributed by atoms with E-state index in [0.717, 1.165) is 39.2 Å². The molecule has 3 nitrogen and oxygen atoms in total. The van der Waals surface area contributed by atoms with E-state index in [4.69, 9.17) is 10.5 Å². The summed E-state index contributed by atoms with van der Waals surface area (Å²) in [6, 6.07) is 8.78. The second kappa shape index (κ2) is 6.88. The van der Waals surface area contributed by atoms with E-state index >= 15 is 0 Å². The van der Waals surface area contributed by atoms with Crippen LogP contribution in [0.25, 0.3) is 0 Å². The lowest BCUT2D eigenvalue weighted by Crippen LogP contribution is -2.36. The molecule has 1 aromatic carbocycles. The number of nitrogens with two attached hydrogens (primary N) is 1. The summed E-state index contributed by atoms with van der Waals surface area (Å²) in [5.74, 6) is 0.704. The number of methoxy groups -OCH3 is 1. The van der Waals surface area contributed by atoms with E-state index in [-0.39, 0.29) is 0 Å². The molecule has 1 atom stereocenters. The molecule has 2 rings (SSSR count). The first kappa shape index (κ1) is 13.5. The summed E-state index contributed by atoms with van der Waals surface area (Å²) in [4.78, 5) is 2.48. The molecule has 0 saturated carbocycles. The average Bonchev–Trinajstić information content (AvgIpc) is 2.38. The maximum Gasteiger partial charge on any atom is 0.0589 e. The van der Waals surface area contributed by atoms with Gasteiger partial charge in [-0.05, 0) is 37.1 Å². The highest BCUT2D eigenvalue weighted by Crippen LogP contribution is 2.35. The van der Waals surface area contributed by atoms with Crippen LogP contribution in [0.4, 0.5) is 0 Å². The second-order valence-electron chi connectivity index (χ2n) is 5.04. The molecular weight excluding hydrogens is 224 g/mol. The summed E-state index contributed by atoms with van der Waals surface area (Å²) in [7, 11) is 1.76. The van der Waals surface area contributed by atoms with E-state index in [1.54, 1.807) is 7.11 Å². The Hall–Kier alpha value is -0.900. The maximum absolute atomic E-state index is 5.60. The number of nitrogens with zero attached hydrogens (tertiary/aromatic N) is 1. The van der Waals surface area contributed by atoms with Gasteiger partial charge in [-0.25, -0.2) is 0 Å². The highest BCUT2D eigenvalue weighted by molar-refractivity contribution is 5.40. The highest BCUT2D eigenvalue weighted by atomic mass is 16.5. The van der Waals surface area contributed by atoms with Crippen molar-refractivity contribution in [3.8, 4) is 0 Å². The van der Waals surface area contributed by atoms with Gasteiger partial charge in [0.1, 0.15) is 0 Å². The van der Waals surface area contributed by atoms with Crippen LogP contribution < -0.4 is 5.73 Å². The van der Waals surface area contributed by atoms with Crippen LogP contribution in [-0.4, -0.2) is 44.8 Å². The van der Waals surface area contributed by atoms with Crippen molar-refractivity contribution in [1.82, 2.24) is 4.90 Å². The molecule has 18 heavy (non-hydrogen) atoms. The Balaban J connectivity index is 1.85. The fourth-order valence-corrected chi connectivity index (χ4v) is 2.67. The molecule has 0 aromatic heterocycles. The molecule has 0 amide bonds. The SMILES string of the molecule is COCCN(CCCN)CC1Cc2ccccc21. The van der Waals surface area contributed by atoms with Gasteiger partial charge < -0.3 is 15.4 Å². The smallest absolute Gasteiger partial charge is 0.0589 e. The Morgan fingerprint density at radius 3 is 2.89 bits per heavy atom. The van der Waals surface area contributed by atoms with Crippen molar-refractivity contribution in [2.75, 3.05) is 39.9 Å². The first-order valence-electron chi connectivity index (χ1n) is 6.84. The van der Waals surface area contributed by atoms with Crippen LogP contribution in [0.3, 0.4) is 0 Å². The van der Waals surface area contributed by atoms with Gasteiger partial charge in [0.05, 0.1) is 6.61 Å². The molecule has 2 N–H and O–H groups in total. The molecule has 0 bridgehead atoms. The lowest BCUT2D eigenvalue weighted by Gasteiger charge is -2.35. The van der Waals surface area contributed by atoms with Crippen molar-refractivity contribution in [3.63, 3.8) is 0 Å². The zero-order chi connectivity index (χ0) is 12.8. The quantitative estimate of drug-likeness (QED) is 0.760. The molecule has 0 aliphatic heterocycles. The number of ether oxygens (including phenoxy) is 1. The van der Waals surface area contributed by atoms with Crippen molar-refractivity contribution in [2.45, 2.75) is 18.8 Å². The Morgan fingerprint density at radius 1 is 1.33 bits per heavy atom. The predicted octanol–water partition coefficient (Wildman–Crippen LogP) is 1.62. The van der Waals surface area contributed by atoms with Crippen molar-refractivity contribution < 1.29 is 4.74 Å². The molecule has 3 heteroatoms. The molecule has 0 fully saturated rings. The third-order valence-electron chi connectivity index (χ3n) is 3.73. The number of hydrogen-bond donors (Lipinski definition) is 1. The summed E-state index contributed by atoms with van der Waals surface area (Å²) >= 11 is 0. The van der Waals surface area contributed by atoms with Crippen molar-refractivity contribution in [3.05, 3.63) is 35.4 Å². The third kappa shape index (κ3) is 3.31. The number of rotatable bonds is 8. The Labute approximate surface area is 110 Å². The molecule has 1 aliphatic rings. The first-order chi connectivity index (χ1) is 8.85. The molecule has 0 saturated heterocycles. The summed E-state index contributed by atoms with van der Waals surface area (Å²) in [5.41, 5.74) is 8.66. The summed E-state index contributed by atoms with van der Waals surface area (Å²) in [6.07, 6.45) is 2.29. The molecule has 0 radical (unpaired) electrons. The van der Waals surface area contributed by atoms with Gasteiger partial charge in [-0.15, -0.1) is 0 Å². The monoisotopic (exact) mass is 248 g/mol. The topological polar surface area (TPSA) is 38.5 Å². The Bertz CT molecular complexity index is 359. The first-order valence-corrected chi connectivity index (χ1v) is 6.84. The Kier molecular flexibility index (Phi) is 5.17. The molecular formula is C15H24N2O. The molecule has 100 valence electrons. The lowest BCUT2D eigenvalue weighted by atomic mass is 9.77. The number of fused-ring (bicyclic) bond motifs is 1. The van der Waals surface area contributed by atoms with Crippen molar-refractivity contribution >= 4 is 0 Å². The largest absolute Gasteiger partial charge is 0.383 e. The summed E-state index contributed by atoms with van der Waals surface area (Å²) in [6.45, 7) is 4.80. The number of hydrogen-bond acceptors (Lipinski definition) is 3. The molecule has 0 spiro atoms. The normalized spacial score (nSPS) is 17.6. The van der Waals surface area contributed by atoms with E-state index in [1.165, 1.54) is 17.5 Å². The van der Waals surface area contributed by atoms with Crippen LogP contribution in [0.5, 0.6) is 0 Å². The fourth-order valence-electron chi connectivity index (χ4n) is 2.67. The molecule has 1 unspecified atom stereocenters. The third-order valence-corrected chi connectivity index (χ3v) is 3.73. The minimum Gasteiger partial charge on any atom is -0.383 e. The van der Waals surface area contributed by atoms with Gasteiger partial charge in [0.15, 0.2) is 0 Å². The average molecular weight is 248 g/mol. The lowest BCUT2D eigenvalue weighted by molar-refractivity contribution is 0.141. The minimum absolute atomic E-state index is 0.704. The van der Waals surface area contributed by atoms with E-state index in [2.05, 4.69) is 29.2 Å². The van der Waals surface area contributed by atoms with Gasteiger partial charge in [0, 0.05) is 26.1 Å². The summed E-state index contributed by atoms with van der Waals surface area (Å²) < 4.78 is 5.18. The van der Waals surface area contributed by atoms with E-state index < -0.39 is 0 Å². The van der Waals surface area contributed by atoms with Crippen molar-refractivity contribution in [2.24, 2.45) is 5.73 Å². The van der Waals surface area contributed by atoms with Gasteiger partial charge in [-0.3, -0.25) is 0 Å². The van der Waals surface area contributed by atoms with Gasteiger partial charge in [-0.1, -0.05) is 24.3 Å². The van der Waals surface area contributed by atoms with Gasteiger partial charge in [0.2, 0.25) is 0 Å². The van der Waals surface area contributed by atoms with Crippen LogP contribution in [0.15, 0.2) is 24.3 Å². The fraction of sp³-hybridized carbons (Fsp3) is 0.600. The molecule has 1 aliphatic carbocycles. The van der Waals surface area contributed by atoms with Crippen LogP contribution in [-0.2, 0) is 11.2 Å². The van der Waals surface area contributed by atoms with Crippen LogP contribution in [0, 0.1) is 0 Å². The van der Waals surface area contributed by atoms with Crippen molar-refractivity contribution in [1.29, 1.82) is 0 Å². The van der Waals surface area contributed by atoms with E-state index in [0.29, 0.717) is 5.92 Å². The van der Waals surface area contributed by atoms with Crippen LogP contribution >= 0.6 is 0 Å². The second-order valence-corrected chi connectivity index (χ2v) is 5.04. The molecule has 0 heterocycles. The van der Waals surface area contributed by atoms with E-state index in [9.17, 15) is 0 Å². The highest BCUT2D eigenvalue weighted by Gasteiger charge is 2.26. The van der Waals surface area contributed by atoms with Crippen LogP contribution in [0.2, 0.25) is 0 Å². The summed E-state index contributed by atoms with van der Waals surface area (Å²) in [5, 5.41) is 0. The standard InChI is InChI=1S/C15H24N2O/c1-18-10-9-17(8-4-7-16)12-14-11-13-5-2-3-6-15(13)14/h2-3,5-6,14H,4,7-12,16H2,1H3. The van der Waals surface area contributed by atoms with E-state index in [1.807, 2.05) is 0 Å². The van der Waals surface area contributed by atoms with Gasteiger partial charge in [0.25, 0.3) is 0 Å². The molecule has 1 aromatic rings. The Morgan fingerprint density at radius 2 is 2.17 bits per heavy atom. The van der Waals surface area contributed by atoms with Gasteiger partial charge in [-0.2, -0.15) is 0 Å². The maximum atomic E-state index is 5.60. The predicted molar refractivity (Wildman–Crippen MR) is 74.9 cm³/mol. The number of benzene rings is 1. The van der Waals surface area contributed by atoms with Gasteiger partial charge >= 0.3 is 0 Å².